The molecule has 156 valence electrons. The first-order valence-electron chi connectivity index (χ1n) is 9.31. The summed E-state index contributed by atoms with van der Waals surface area (Å²) in [6, 6.07) is 3.61. The van der Waals surface area contributed by atoms with Crippen LogP contribution in [0.5, 0.6) is 0 Å². The Morgan fingerprint density at radius 3 is 2.86 bits per heavy atom. The van der Waals surface area contributed by atoms with E-state index < -0.39 is 11.8 Å². The molecule has 1 unspecified atom stereocenters. The van der Waals surface area contributed by atoms with Crippen LogP contribution in [-0.4, -0.2) is 45.5 Å². The topological polar surface area (TPSA) is 72.6 Å². The van der Waals surface area contributed by atoms with Crippen molar-refractivity contribution < 1.29 is 18.4 Å². The quantitative estimate of drug-likeness (QED) is 0.448. The molecule has 1 aliphatic carbocycles. The van der Waals surface area contributed by atoms with Crippen LogP contribution in [0.4, 0.5) is 14.5 Å². The average Bonchev–Trinajstić information content (AvgIpc) is 3.13. The number of oxime groups is 1. The lowest BCUT2D eigenvalue weighted by molar-refractivity contribution is -0.118. The number of hydrogen-bond donors (Lipinski definition) is 0. The predicted molar refractivity (Wildman–Crippen MR) is 106 cm³/mol. The number of alkyl halides is 2. The normalized spacial score (nSPS) is 17.8. The highest BCUT2D eigenvalue weighted by atomic mass is 35.5. The molecular weight excluding hydrogens is 404 g/mol. The second-order valence-electron chi connectivity index (χ2n) is 6.88. The Labute approximate surface area is 172 Å². The van der Waals surface area contributed by atoms with E-state index in [-0.39, 0.29) is 30.5 Å². The zero-order chi connectivity index (χ0) is 21.0. The Morgan fingerprint density at radius 1 is 1.48 bits per heavy atom. The lowest BCUT2D eigenvalue weighted by atomic mass is 10.2. The van der Waals surface area contributed by atoms with E-state index in [0.29, 0.717) is 24.4 Å². The zero-order valence-corrected chi connectivity index (χ0v) is 16.9. The third kappa shape index (κ3) is 5.29. The number of rotatable bonds is 9. The summed E-state index contributed by atoms with van der Waals surface area (Å²) in [4.78, 5) is 23.2. The number of pyridine rings is 1. The molecule has 2 aromatic heterocycles. The molecule has 0 bridgehead atoms. The van der Waals surface area contributed by atoms with Crippen LogP contribution in [0, 0.1) is 5.92 Å². The lowest BCUT2D eigenvalue weighted by Crippen LogP contribution is -2.30. The van der Waals surface area contributed by atoms with E-state index in [1.807, 2.05) is 13.0 Å². The van der Waals surface area contributed by atoms with E-state index >= 15 is 0 Å². The van der Waals surface area contributed by atoms with Gasteiger partial charge in [-0.15, -0.1) is 0 Å². The van der Waals surface area contributed by atoms with Gasteiger partial charge in [-0.1, -0.05) is 16.8 Å². The maximum Gasteiger partial charge on any atom is 0.255 e. The number of hydrogen-bond acceptors (Lipinski definition) is 5. The van der Waals surface area contributed by atoms with E-state index in [2.05, 4.69) is 15.2 Å². The average molecular weight is 426 g/mol. The summed E-state index contributed by atoms with van der Waals surface area (Å²) < 4.78 is 27.2. The molecule has 2 aromatic rings. The summed E-state index contributed by atoms with van der Waals surface area (Å²) in [5.41, 5.74) is 1.80. The van der Waals surface area contributed by atoms with Crippen LogP contribution in [-0.2, 0) is 9.63 Å². The standard InChI is InChI=1S/C19H22ClF2N5O2/c1-3-26(16-11-27(24-18(16)20)15-5-4-8-23-10-15)17(28)7-6-13(2)25-29-12-14-9-19(14,21)22/h4-5,8,10-11,14H,3,6-7,9,12H2,1-2H3/b25-13-. The third-order valence-corrected chi connectivity index (χ3v) is 4.89. The predicted octanol–water partition coefficient (Wildman–Crippen LogP) is 4.10. The van der Waals surface area contributed by atoms with E-state index in [0.717, 1.165) is 5.69 Å². The highest BCUT2D eigenvalue weighted by Crippen LogP contribution is 2.48. The molecule has 0 saturated heterocycles. The maximum atomic E-state index is 12.8. The Balaban J connectivity index is 1.57. The molecule has 1 fully saturated rings. The van der Waals surface area contributed by atoms with Gasteiger partial charge in [-0.3, -0.25) is 9.78 Å². The highest BCUT2D eigenvalue weighted by Gasteiger charge is 2.57. The molecule has 2 heterocycles. The van der Waals surface area contributed by atoms with Gasteiger partial charge in [0.05, 0.1) is 29.7 Å². The monoisotopic (exact) mass is 425 g/mol. The summed E-state index contributed by atoms with van der Waals surface area (Å²) in [5.74, 6) is -3.53. The molecule has 1 amide bonds. The molecule has 1 atom stereocenters. The van der Waals surface area contributed by atoms with Crippen molar-refractivity contribution in [1.29, 1.82) is 0 Å². The summed E-state index contributed by atoms with van der Waals surface area (Å²) in [7, 11) is 0. The van der Waals surface area contributed by atoms with Gasteiger partial charge >= 0.3 is 0 Å². The number of anilines is 1. The molecule has 1 aliphatic rings. The molecular formula is C19H22ClF2N5O2. The van der Waals surface area contributed by atoms with Crippen molar-refractivity contribution in [1.82, 2.24) is 14.8 Å². The van der Waals surface area contributed by atoms with Gasteiger partial charge in [0.25, 0.3) is 5.92 Å². The number of carbonyl (C=O) groups excluding carboxylic acids is 1. The van der Waals surface area contributed by atoms with Gasteiger partial charge in [-0.2, -0.15) is 5.10 Å². The van der Waals surface area contributed by atoms with E-state index in [4.69, 9.17) is 16.4 Å². The molecule has 0 radical (unpaired) electrons. The van der Waals surface area contributed by atoms with Crippen molar-refractivity contribution in [2.75, 3.05) is 18.1 Å². The summed E-state index contributed by atoms with van der Waals surface area (Å²) in [6.07, 6.45) is 5.36. The van der Waals surface area contributed by atoms with Crippen LogP contribution in [0.25, 0.3) is 5.69 Å². The summed E-state index contributed by atoms with van der Waals surface area (Å²) >= 11 is 6.25. The fraction of sp³-hybridized carbons (Fsp3) is 0.474. The highest BCUT2D eigenvalue weighted by molar-refractivity contribution is 6.32. The van der Waals surface area contributed by atoms with Crippen molar-refractivity contribution >= 4 is 28.9 Å². The van der Waals surface area contributed by atoms with Crippen LogP contribution in [0.1, 0.15) is 33.1 Å². The van der Waals surface area contributed by atoms with E-state index in [1.165, 1.54) is 0 Å². The molecule has 0 spiro atoms. The minimum absolute atomic E-state index is 0.109. The van der Waals surface area contributed by atoms with Gasteiger partial charge in [-0.25, -0.2) is 13.5 Å². The third-order valence-electron chi connectivity index (χ3n) is 4.62. The zero-order valence-electron chi connectivity index (χ0n) is 16.2. The number of nitrogens with zero attached hydrogens (tertiary/aromatic N) is 5. The molecule has 7 nitrogen and oxygen atoms in total. The van der Waals surface area contributed by atoms with E-state index in [1.54, 1.807) is 41.2 Å². The Hall–Kier alpha value is -2.55. The molecule has 0 aliphatic heterocycles. The van der Waals surface area contributed by atoms with E-state index in [9.17, 15) is 13.6 Å². The van der Waals surface area contributed by atoms with Crippen molar-refractivity contribution in [3.63, 3.8) is 0 Å². The van der Waals surface area contributed by atoms with Gasteiger partial charge in [0, 0.05) is 25.6 Å². The molecule has 1 saturated carbocycles. The second kappa shape index (κ2) is 8.86. The van der Waals surface area contributed by atoms with Crippen LogP contribution < -0.4 is 4.90 Å². The van der Waals surface area contributed by atoms with Crippen LogP contribution in [0.15, 0.2) is 35.9 Å². The van der Waals surface area contributed by atoms with Crippen molar-refractivity contribution in [3.05, 3.63) is 35.9 Å². The summed E-state index contributed by atoms with van der Waals surface area (Å²) in [5, 5.41) is 8.28. The number of carbonyl (C=O) groups is 1. The Kier molecular flexibility index (Phi) is 6.46. The lowest BCUT2D eigenvalue weighted by Gasteiger charge is -2.19. The minimum Gasteiger partial charge on any atom is -0.395 e. The second-order valence-corrected chi connectivity index (χ2v) is 7.24. The fourth-order valence-electron chi connectivity index (χ4n) is 2.78. The largest absolute Gasteiger partial charge is 0.395 e. The minimum atomic E-state index is -2.62. The Morgan fingerprint density at radius 2 is 2.24 bits per heavy atom. The molecule has 0 aromatic carbocycles. The first-order valence-corrected chi connectivity index (χ1v) is 9.68. The van der Waals surface area contributed by atoms with Gasteiger partial charge in [0.1, 0.15) is 12.3 Å². The first kappa shape index (κ1) is 21.2. The SMILES string of the molecule is CCN(C(=O)CC/C(C)=N\OCC1CC1(F)F)c1cn(-c2cccnc2)nc1Cl. The van der Waals surface area contributed by atoms with Gasteiger partial charge in [0.2, 0.25) is 5.91 Å². The molecule has 3 rings (SSSR count). The van der Waals surface area contributed by atoms with Crippen molar-refractivity contribution in [3.8, 4) is 5.69 Å². The Bertz CT molecular complexity index is 888. The van der Waals surface area contributed by atoms with Gasteiger partial charge in [0.15, 0.2) is 5.15 Å². The van der Waals surface area contributed by atoms with Crippen molar-refractivity contribution in [2.45, 2.75) is 39.0 Å². The van der Waals surface area contributed by atoms with Crippen LogP contribution in [0.2, 0.25) is 5.15 Å². The van der Waals surface area contributed by atoms with Gasteiger partial charge in [-0.05, 0) is 32.4 Å². The maximum absolute atomic E-state index is 12.8. The molecule has 0 N–H and O–H groups in total. The van der Waals surface area contributed by atoms with Gasteiger partial charge < -0.3 is 9.74 Å². The molecule has 10 heteroatoms. The fourth-order valence-corrected chi connectivity index (χ4v) is 3.02. The first-order chi connectivity index (χ1) is 13.8. The van der Waals surface area contributed by atoms with Crippen LogP contribution in [0.3, 0.4) is 0 Å². The van der Waals surface area contributed by atoms with Crippen molar-refractivity contribution in [2.24, 2.45) is 11.1 Å². The number of halogens is 3. The summed E-state index contributed by atoms with van der Waals surface area (Å²) in [6.45, 7) is 3.85. The number of aromatic nitrogens is 3. The number of amides is 1. The molecule has 29 heavy (non-hydrogen) atoms. The van der Waals surface area contributed by atoms with Crippen LogP contribution >= 0.6 is 11.6 Å². The smallest absolute Gasteiger partial charge is 0.255 e.